The number of hydrogen-bond donors (Lipinski definition) is 1. The SMILES string of the molecule is COc1c(N2CCN(C(=O)Cn3cc(CN4C(=O)C(=O)c5cc(Cl)cc(Cl)c54)nn3)C(C)C2)c(F)cc2c(=O)c(C(=O)O)cn(C3CC3)c12. The van der Waals surface area contributed by atoms with Crippen LogP contribution in [0.15, 0.2) is 35.4 Å². The summed E-state index contributed by atoms with van der Waals surface area (Å²) >= 11 is 12.3. The number of aromatic nitrogens is 4. The fraction of sp³-hybridized carbons (Fsp3) is 0.344. The summed E-state index contributed by atoms with van der Waals surface area (Å²) < 4.78 is 24.6. The van der Waals surface area contributed by atoms with Crippen molar-refractivity contribution in [3.8, 4) is 5.75 Å². The number of piperazine rings is 1. The molecule has 2 aliphatic heterocycles. The van der Waals surface area contributed by atoms with Crippen molar-refractivity contribution in [2.24, 2.45) is 0 Å². The Morgan fingerprint density at radius 2 is 1.84 bits per heavy atom. The average molecular weight is 713 g/mol. The maximum Gasteiger partial charge on any atom is 0.341 e. The molecule has 0 spiro atoms. The number of Topliss-reactive ketones (excluding diaryl/α,β-unsaturated/α-hetero) is 1. The van der Waals surface area contributed by atoms with E-state index in [1.54, 1.807) is 14.4 Å². The van der Waals surface area contributed by atoms with Crippen LogP contribution in [-0.4, -0.2) is 85.9 Å². The Balaban J connectivity index is 1.08. The summed E-state index contributed by atoms with van der Waals surface area (Å²) in [5, 5.41) is 18.0. The Kier molecular flexibility index (Phi) is 8.06. The highest BCUT2D eigenvalue weighted by molar-refractivity contribution is 6.54. The van der Waals surface area contributed by atoms with E-state index in [0.717, 1.165) is 18.9 Å². The highest BCUT2D eigenvalue weighted by Crippen LogP contribution is 2.44. The topological polar surface area (TPSA) is 160 Å². The molecule has 7 rings (SSSR count). The summed E-state index contributed by atoms with van der Waals surface area (Å²) in [6.45, 7) is 2.28. The number of ether oxygens (including phenoxy) is 1. The van der Waals surface area contributed by atoms with Crippen molar-refractivity contribution in [1.82, 2.24) is 24.5 Å². The molecule has 2 aromatic heterocycles. The lowest BCUT2D eigenvalue weighted by molar-refractivity contribution is -0.134. The number of carbonyl (C=O) groups is 4. The average Bonchev–Trinajstić information content (AvgIpc) is 3.76. The van der Waals surface area contributed by atoms with E-state index in [2.05, 4.69) is 10.3 Å². The van der Waals surface area contributed by atoms with Gasteiger partial charge in [0, 0.05) is 42.9 Å². The summed E-state index contributed by atoms with van der Waals surface area (Å²) in [5.74, 6) is -3.78. The summed E-state index contributed by atoms with van der Waals surface area (Å²) in [6.07, 6.45) is 4.37. The van der Waals surface area contributed by atoms with Gasteiger partial charge >= 0.3 is 5.97 Å². The van der Waals surface area contributed by atoms with E-state index in [-0.39, 0.29) is 88.8 Å². The first-order valence-corrected chi connectivity index (χ1v) is 16.1. The molecule has 0 bridgehead atoms. The summed E-state index contributed by atoms with van der Waals surface area (Å²) in [6, 6.07) is 3.48. The molecule has 2 fully saturated rings. The van der Waals surface area contributed by atoms with Gasteiger partial charge in [0.05, 0.1) is 47.0 Å². The molecule has 4 aromatic rings. The predicted octanol–water partition coefficient (Wildman–Crippen LogP) is 3.55. The van der Waals surface area contributed by atoms with Crippen molar-refractivity contribution >= 4 is 69.0 Å². The first-order valence-electron chi connectivity index (χ1n) is 15.3. The van der Waals surface area contributed by atoms with Crippen LogP contribution >= 0.6 is 23.2 Å². The number of carboxylic acid groups (broad SMARTS) is 1. The number of carboxylic acids is 1. The van der Waals surface area contributed by atoms with Gasteiger partial charge in [-0.25, -0.2) is 13.9 Å². The van der Waals surface area contributed by atoms with Crippen molar-refractivity contribution in [3.63, 3.8) is 0 Å². The number of halogens is 3. The first-order chi connectivity index (χ1) is 23.4. The van der Waals surface area contributed by atoms with E-state index < -0.39 is 34.5 Å². The van der Waals surface area contributed by atoms with Gasteiger partial charge in [0.1, 0.15) is 23.5 Å². The lowest BCUT2D eigenvalue weighted by Gasteiger charge is -2.41. The molecule has 2 aromatic carbocycles. The van der Waals surface area contributed by atoms with Crippen molar-refractivity contribution < 1.29 is 33.4 Å². The largest absolute Gasteiger partial charge is 0.492 e. The molecular formula is C32H28Cl2FN7O7. The second-order valence-electron chi connectivity index (χ2n) is 12.2. The number of methoxy groups -OCH3 is 1. The fourth-order valence-electron chi connectivity index (χ4n) is 6.64. The van der Waals surface area contributed by atoms with Crippen LogP contribution in [0.5, 0.6) is 5.75 Å². The van der Waals surface area contributed by atoms with Gasteiger partial charge in [0.2, 0.25) is 11.3 Å². The second kappa shape index (κ2) is 12.1. The second-order valence-corrected chi connectivity index (χ2v) is 13.1. The number of anilines is 2. The van der Waals surface area contributed by atoms with Gasteiger partial charge in [0.25, 0.3) is 11.7 Å². The van der Waals surface area contributed by atoms with Gasteiger partial charge in [-0.1, -0.05) is 28.4 Å². The molecule has 49 heavy (non-hydrogen) atoms. The van der Waals surface area contributed by atoms with Crippen molar-refractivity contribution in [1.29, 1.82) is 0 Å². The number of hydrogen-bond acceptors (Lipinski definition) is 9. The number of carbonyl (C=O) groups excluding carboxylic acids is 3. The predicted molar refractivity (Wildman–Crippen MR) is 175 cm³/mol. The number of pyridine rings is 1. The third kappa shape index (κ3) is 5.56. The van der Waals surface area contributed by atoms with E-state index in [0.29, 0.717) is 11.2 Å². The first kappa shape index (κ1) is 32.5. The summed E-state index contributed by atoms with van der Waals surface area (Å²) in [4.78, 5) is 68.1. The molecule has 3 aliphatic rings. The number of benzene rings is 2. The van der Waals surface area contributed by atoms with E-state index in [9.17, 15) is 29.1 Å². The van der Waals surface area contributed by atoms with Crippen LogP contribution in [0.2, 0.25) is 10.0 Å². The monoisotopic (exact) mass is 711 g/mol. The minimum Gasteiger partial charge on any atom is -0.492 e. The van der Waals surface area contributed by atoms with E-state index in [1.807, 2.05) is 6.92 Å². The molecule has 1 N–H and O–H groups in total. The molecule has 0 radical (unpaired) electrons. The number of nitrogens with zero attached hydrogens (tertiary/aromatic N) is 7. The molecule has 1 saturated heterocycles. The van der Waals surface area contributed by atoms with Gasteiger partial charge in [-0.05, 0) is 38.0 Å². The Hall–Kier alpha value is -5.02. The standard InChI is InChI=1S/C32H28Cl2FN7O7/c1-15-10-38(27-23(35)9-20-26(30(27)49-2)41(18-3-4-18)13-21(28(20)44)32(47)48)5-6-40(15)24(43)14-39-11-17(36-37-39)12-42-25-19(29(45)31(42)46)7-16(33)8-22(25)34/h7-9,11,13,15,18H,3-6,10,12,14H2,1-2H3,(H,47,48). The van der Waals surface area contributed by atoms with Crippen LogP contribution in [0.25, 0.3) is 10.9 Å². The van der Waals surface area contributed by atoms with Crippen LogP contribution < -0.4 is 20.0 Å². The maximum atomic E-state index is 15.8. The fourth-order valence-corrected chi connectivity index (χ4v) is 7.23. The van der Waals surface area contributed by atoms with Crippen LogP contribution in [0.1, 0.15) is 52.2 Å². The molecule has 4 heterocycles. The van der Waals surface area contributed by atoms with Gasteiger partial charge in [-0.15, -0.1) is 5.10 Å². The molecule has 254 valence electrons. The van der Waals surface area contributed by atoms with E-state index in [1.165, 1.54) is 41.2 Å². The molecule has 1 aliphatic carbocycles. The van der Waals surface area contributed by atoms with Gasteiger partial charge in [-0.3, -0.25) is 24.1 Å². The van der Waals surface area contributed by atoms with E-state index >= 15 is 4.39 Å². The van der Waals surface area contributed by atoms with E-state index in [4.69, 9.17) is 27.9 Å². The zero-order valence-electron chi connectivity index (χ0n) is 26.2. The Labute approximate surface area is 287 Å². The van der Waals surface area contributed by atoms with Crippen LogP contribution in [0, 0.1) is 5.82 Å². The van der Waals surface area contributed by atoms with Crippen LogP contribution in [-0.2, 0) is 22.7 Å². The highest BCUT2D eigenvalue weighted by Gasteiger charge is 2.39. The normalized spacial score (nSPS) is 17.7. The highest BCUT2D eigenvalue weighted by atomic mass is 35.5. The van der Waals surface area contributed by atoms with Gasteiger partial charge in [0.15, 0.2) is 11.6 Å². The Morgan fingerprint density at radius 1 is 1.08 bits per heavy atom. The number of fused-ring (bicyclic) bond motifs is 2. The van der Waals surface area contributed by atoms with Crippen molar-refractivity contribution in [2.45, 2.75) is 44.9 Å². The van der Waals surface area contributed by atoms with Crippen molar-refractivity contribution in [2.75, 3.05) is 36.5 Å². The molecule has 1 atom stereocenters. The van der Waals surface area contributed by atoms with Crippen LogP contribution in [0.3, 0.4) is 0 Å². The molecule has 14 nitrogen and oxygen atoms in total. The quantitative estimate of drug-likeness (QED) is 0.268. The lowest BCUT2D eigenvalue weighted by Crippen LogP contribution is -2.55. The van der Waals surface area contributed by atoms with Crippen LogP contribution in [0.4, 0.5) is 15.8 Å². The maximum absolute atomic E-state index is 15.8. The Bertz CT molecular complexity index is 2170. The summed E-state index contributed by atoms with van der Waals surface area (Å²) in [7, 11) is 1.38. The lowest BCUT2D eigenvalue weighted by atomic mass is 10.1. The number of rotatable bonds is 8. The zero-order chi connectivity index (χ0) is 34.9. The number of aromatic carboxylic acids is 1. The zero-order valence-corrected chi connectivity index (χ0v) is 27.7. The Morgan fingerprint density at radius 3 is 2.51 bits per heavy atom. The van der Waals surface area contributed by atoms with Gasteiger partial charge < -0.3 is 24.2 Å². The third-order valence-electron chi connectivity index (χ3n) is 9.02. The molecule has 1 unspecified atom stereocenters. The third-order valence-corrected chi connectivity index (χ3v) is 9.53. The molecule has 17 heteroatoms. The smallest absolute Gasteiger partial charge is 0.341 e. The summed E-state index contributed by atoms with van der Waals surface area (Å²) in [5.41, 5.74) is -0.104. The van der Waals surface area contributed by atoms with Gasteiger partial charge in [-0.2, -0.15) is 0 Å². The van der Waals surface area contributed by atoms with Crippen molar-refractivity contribution in [3.05, 3.63) is 73.5 Å². The number of amides is 2. The molecular weight excluding hydrogens is 684 g/mol. The molecule has 1 saturated carbocycles. The number of ketones is 1. The minimum absolute atomic E-state index is 0.0369. The minimum atomic E-state index is -1.39. The molecule has 2 amide bonds.